The molecule has 4 aromatic rings. The number of hydrogen-bond donors (Lipinski definition) is 0. The second-order valence-electron chi connectivity index (χ2n) is 4.63. The van der Waals surface area contributed by atoms with Crippen LogP contribution in [-0.2, 0) is 0 Å². The molecule has 0 N–H and O–H groups in total. The van der Waals surface area contributed by atoms with Crippen LogP contribution in [0, 0.1) is 0 Å². The average molecular weight is 289 g/mol. The van der Waals surface area contributed by atoms with Gasteiger partial charge >= 0.3 is 0 Å². The molecule has 106 valence electrons. The Morgan fingerprint density at radius 3 is 2.32 bits per heavy atom. The molecule has 4 rings (SSSR count). The van der Waals surface area contributed by atoms with Crippen molar-refractivity contribution in [2.24, 2.45) is 0 Å². The molecular formula is C15H11N7. The fourth-order valence-corrected chi connectivity index (χ4v) is 2.27. The molecule has 1 aromatic carbocycles. The van der Waals surface area contributed by atoms with E-state index in [0.717, 1.165) is 22.8 Å². The van der Waals surface area contributed by atoms with Crippen LogP contribution in [0.3, 0.4) is 0 Å². The number of aromatic nitrogens is 7. The van der Waals surface area contributed by atoms with Crippen LogP contribution < -0.4 is 0 Å². The van der Waals surface area contributed by atoms with Crippen LogP contribution in [0.1, 0.15) is 0 Å². The van der Waals surface area contributed by atoms with E-state index in [1.807, 2.05) is 47.2 Å². The lowest BCUT2D eigenvalue weighted by Gasteiger charge is -2.08. The van der Waals surface area contributed by atoms with Crippen LogP contribution in [0.2, 0.25) is 0 Å². The summed E-state index contributed by atoms with van der Waals surface area (Å²) in [7, 11) is 0. The summed E-state index contributed by atoms with van der Waals surface area (Å²) in [6.45, 7) is 0. The van der Waals surface area contributed by atoms with Crippen molar-refractivity contribution in [3.05, 3.63) is 67.5 Å². The molecule has 3 aromatic heterocycles. The fourth-order valence-electron chi connectivity index (χ4n) is 2.27. The Hall–Kier alpha value is -3.35. The molecule has 0 amide bonds. The third-order valence-corrected chi connectivity index (χ3v) is 3.32. The molecule has 0 saturated carbocycles. The Labute approximate surface area is 125 Å². The minimum atomic E-state index is 0.873. The van der Waals surface area contributed by atoms with Gasteiger partial charge in [-0.2, -0.15) is 0 Å². The van der Waals surface area contributed by atoms with Gasteiger partial charge in [0.2, 0.25) is 0 Å². The Kier molecular flexibility index (Phi) is 2.93. The average Bonchev–Trinajstić information content (AvgIpc) is 3.28. The first-order chi connectivity index (χ1) is 10.9. The van der Waals surface area contributed by atoms with Crippen molar-refractivity contribution in [3.63, 3.8) is 0 Å². The van der Waals surface area contributed by atoms with Crippen LogP contribution in [0.5, 0.6) is 0 Å². The first-order valence-electron chi connectivity index (χ1n) is 6.69. The largest absolute Gasteiger partial charge is 0.300 e. The van der Waals surface area contributed by atoms with Gasteiger partial charge in [0.1, 0.15) is 12.2 Å². The lowest BCUT2D eigenvalue weighted by molar-refractivity contribution is 0.789. The minimum absolute atomic E-state index is 0.873. The monoisotopic (exact) mass is 289 g/mol. The van der Waals surface area contributed by atoms with Crippen LogP contribution in [0.25, 0.3) is 22.8 Å². The third-order valence-electron chi connectivity index (χ3n) is 3.32. The van der Waals surface area contributed by atoms with E-state index in [1.165, 1.54) is 0 Å². The molecule has 0 spiro atoms. The van der Waals surface area contributed by atoms with Gasteiger partial charge in [-0.15, -0.1) is 5.10 Å². The summed E-state index contributed by atoms with van der Waals surface area (Å²) in [5, 5.41) is 11.1. The van der Waals surface area contributed by atoms with Crippen molar-refractivity contribution in [2.45, 2.75) is 0 Å². The van der Waals surface area contributed by atoms with Crippen LogP contribution in [0.15, 0.2) is 67.5 Å². The molecule has 0 bridgehead atoms. The number of hydrogen-bond acceptors (Lipinski definition) is 5. The van der Waals surface area contributed by atoms with E-state index in [1.54, 1.807) is 29.6 Å². The zero-order valence-electron chi connectivity index (χ0n) is 11.5. The van der Waals surface area contributed by atoms with Crippen LogP contribution in [0.4, 0.5) is 0 Å². The van der Waals surface area contributed by atoms with E-state index in [2.05, 4.69) is 25.5 Å². The Morgan fingerprint density at radius 2 is 1.59 bits per heavy atom. The molecule has 7 heteroatoms. The van der Waals surface area contributed by atoms with E-state index in [-0.39, 0.29) is 0 Å². The number of tetrazole rings is 1. The maximum Gasteiger partial charge on any atom is 0.144 e. The smallest absolute Gasteiger partial charge is 0.144 e. The number of benzene rings is 1. The van der Waals surface area contributed by atoms with Gasteiger partial charge in [0.15, 0.2) is 0 Å². The van der Waals surface area contributed by atoms with Crippen molar-refractivity contribution in [1.29, 1.82) is 0 Å². The minimum Gasteiger partial charge on any atom is -0.300 e. The summed E-state index contributed by atoms with van der Waals surface area (Å²) in [6.07, 6.45) is 8.80. The fraction of sp³-hybridized carbons (Fsp3) is 0. The molecule has 0 radical (unpaired) electrons. The molecule has 0 aliphatic carbocycles. The quantitative estimate of drug-likeness (QED) is 0.576. The molecule has 0 unspecified atom stereocenters. The van der Waals surface area contributed by atoms with Gasteiger partial charge in [-0.1, -0.05) is 0 Å². The Bertz CT molecular complexity index is 864. The molecule has 0 aliphatic rings. The highest BCUT2D eigenvalue weighted by Gasteiger charge is 2.07. The van der Waals surface area contributed by atoms with Crippen molar-refractivity contribution in [1.82, 2.24) is 34.7 Å². The highest BCUT2D eigenvalue weighted by Crippen LogP contribution is 2.21. The first-order valence-corrected chi connectivity index (χ1v) is 6.69. The topological polar surface area (TPSA) is 74.3 Å². The normalized spacial score (nSPS) is 10.7. The summed E-state index contributed by atoms with van der Waals surface area (Å²) in [4.78, 5) is 8.47. The van der Waals surface area contributed by atoms with E-state index < -0.39 is 0 Å². The zero-order chi connectivity index (χ0) is 14.8. The number of nitrogens with zero attached hydrogens (tertiary/aromatic N) is 7. The molecular weight excluding hydrogens is 278 g/mol. The summed E-state index contributed by atoms with van der Waals surface area (Å²) in [5.74, 6) is 0.873. The second-order valence-corrected chi connectivity index (χ2v) is 4.63. The SMILES string of the molecule is c1cc(-c2nccn2-c2ccc(-n3cnnn3)cc2)ccn1. The third kappa shape index (κ3) is 2.14. The van der Waals surface area contributed by atoms with Gasteiger partial charge in [0.25, 0.3) is 0 Å². The number of rotatable bonds is 3. The summed E-state index contributed by atoms with van der Waals surface area (Å²) < 4.78 is 3.64. The molecule has 0 atom stereocenters. The van der Waals surface area contributed by atoms with Crippen molar-refractivity contribution < 1.29 is 0 Å². The van der Waals surface area contributed by atoms with Gasteiger partial charge in [-0.3, -0.25) is 9.55 Å². The van der Waals surface area contributed by atoms with Crippen molar-refractivity contribution >= 4 is 0 Å². The second kappa shape index (κ2) is 5.21. The van der Waals surface area contributed by atoms with E-state index in [9.17, 15) is 0 Å². The maximum atomic E-state index is 4.43. The summed E-state index contributed by atoms with van der Waals surface area (Å²) in [5.41, 5.74) is 2.94. The lowest BCUT2D eigenvalue weighted by Crippen LogP contribution is -1.99. The highest BCUT2D eigenvalue weighted by atomic mass is 15.5. The van der Waals surface area contributed by atoms with Gasteiger partial charge < -0.3 is 0 Å². The van der Waals surface area contributed by atoms with Gasteiger partial charge in [-0.25, -0.2) is 9.67 Å². The molecule has 7 nitrogen and oxygen atoms in total. The Balaban J connectivity index is 1.73. The van der Waals surface area contributed by atoms with Crippen molar-refractivity contribution in [3.8, 4) is 22.8 Å². The highest BCUT2D eigenvalue weighted by molar-refractivity contribution is 5.58. The lowest BCUT2D eigenvalue weighted by atomic mass is 10.2. The van der Waals surface area contributed by atoms with Gasteiger partial charge in [0, 0.05) is 36.0 Å². The first kappa shape index (κ1) is 12.4. The standard InChI is InChI=1S/C15H11N7/c1-3-14(22-11-18-19-20-22)4-2-13(1)21-10-9-17-15(21)12-5-7-16-8-6-12/h1-11H. The molecule has 0 fully saturated rings. The van der Waals surface area contributed by atoms with Crippen LogP contribution >= 0.6 is 0 Å². The molecule has 0 saturated heterocycles. The predicted molar refractivity (Wildman–Crippen MR) is 79.5 cm³/mol. The molecule has 3 heterocycles. The van der Waals surface area contributed by atoms with E-state index in [0.29, 0.717) is 0 Å². The van der Waals surface area contributed by atoms with E-state index >= 15 is 0 Å². The maximum absolute atomic E-state index is 4.43. The molecule has 22 heavy (non-hydrogen) atoms. The number of pyridine rings is 1. The van der Waals surface area contributed by atoms with Gasteiger partial charge in [0.05, 0.1) is 5.69 Å². The van der Waals surface area contributed by atoms with Crippen molar-refractivity contribution in [2.75, 3.05) is 0 Å². The summed E-state index contributed by atoms with van der Waals surface area (Å²) in [6, 6.07) is 11.8. The van der Waals surface area contributed by atoms with Gasteiger partial charge in [-0.05, 0) is 46.8 Å². The summed E-state index contributed by atoms with van der Waals surface area (Å²) >= 11 is 0. The Morgan fingerprint density at radius 1 is 0.818 bits per heavy atom. The van der Waals surface area contributed by atoms with E-state index in [4.69, 9.17) is 0 Å². The molecule has 0 aliphatic heterocycles. The number of imidazole rings is 1. The predicted octanol–water partition coefficient (Wildman–Crippen LogP) is 1.91. The zero-order valence-corrected chi connectivity index (χ0v) is 11.5. The van der Waals surface area contributed by atoms with Crippen LogP contribution in [-0.4, -0.2) is 34.7 Å².